The molecule has 0 aliphatic carbocycles. The van der Waals surface area contributed by atoms with E-state index in [0.717, 1.165) is 22.6 Å². The summed E-state index contributed by atoms with van der Waals surface area (Å²) in [5.74, 6) is 1.48. The summed E-state index contributed by atoms with van der Waals surface area (Å²) in [5.41, 5.74) is 6.99. The third-order valence-corrected chi connectivity index (χ3v) is 2.29. The Kier molecular flexibility index (Phi) is 2.06. The van der Waals surface area contributed by atoms with Crippen LogP contribution in [0.5, 0.6) is 11.5 Å². The molecule has 4 heteroatoms. The van der Waals surface area contributed by atoms with Gasteiger partial charge < -0.3 is 15.2 Å². The van der Waals surface area contributed by atoms with E-state index >= 15 is 0 Å². The Balaban J connectivity index is 2.49. The monoisotopic (exact) mass is 199 g/mol. The summed E-state index contributed by atoms with van der Waals surface area (Å²) in [5, 5.41) is 0. The van der Waals surface area contributed by atoms with Gasteiger partial charge in [-0.25, -0.2) is 0 Å². The largest absolute Gasteiger partial charge is 0.454 e. The molecule has 1 aromatic rings. The first kappa shape index (κ1) is 8.66. The molecule has 2 rings (SSSR count). The fourth-order valence-corrected chi connectivity index (χ4v) is 1.59. The van der Waals surface area contributed by atoms with Gasteiger partial charge in [0.25, 0.3) is 0 Å². The fraction of sp³-hybridized carbons (Fsp3) is 0.333. The number of halogens is 1. The lowest BCUT2D eigenvalue weighted by Gasteiger charge is -2.08. The van der Waals surface area contributed by atoms with Gasteiger partial charge >= 0.3 is 0 Å². The van der Waals surface area contributed by atoms with E-state index in [4.69, 9.17) is 26.8 Å². The van der Waals surface area contributed by atoms with Crippen LogP contribution < -0.4 is 15.2 Å². The van der Waals surface area contributed by atoms with Gasteiger partial charge in [0.2, 0.25) is 6.79 Å². The first-order valence-corrected chi connectivity index (χ1v) is 4.42. The van der Waals surface area contributed by atoms with E-state index in [-0.39, 0.29) is 6.79 Å². The molecular formula is C9H10ClNO2. The zero-order valence-corrected chi connectivity index (χ0v) is 7.97. The average Bonchev–Trinajstić information content (AvgIpc) is 2.48. The van der Waals surface area contributed by atoms with Crippen molar-refractivity contribution in [3.63, 3.8) is 0 Å². The number of alkyl halides is 1. The lowest BCUT2D eigenvalue weighted by molar-refractivity contribution is 0.174. The standard InChI is InChI=1S/C9H10ClNO2/c1-5-2-7-8(13-4-12-7)3-6(5)9(10)11/h2-3,9H,4,11H2,1H3. The van der Waals surface area contributed by atoms with Crippen LogP contribution in [0.2, 0.25) is 0 Å². The van der Waals surface area contributed by atoms with Crippen molar-refractivity contribution >= 4 is 11.6 Å². The summed E-state index contributed by atoms with van der Waals surface area (Å²) in [4.78, 5) is 0. The van der Waals surface area contributed by atoms with E-state index < -0.39 is 5.50 Å². The maximum Gasteiger partial charge on any atom is 0.231 e. The number of fused-ring (bicyclic) bond motifs is 1. The molecule has 0 aromatic heterocycles. The molecule has 1 heterocycles. The third-order valence-electron chi connectivity index (χ3n) is 2.06. The summed E-state index contributed by atoms with van der Waals surface area (Å²) in [6, 6.07) is 3.72. The molecule has 0 fully saturated rings. The second kappa shape index (κ2) is 3.09. The van der Waals surface area contributed by atoms with Gasteiger partial charge in [-0.3, -0.25) is 0 Å². The number of hydrogen-bond acceptors (Lipinski definition) is 3. The van der Waals surface area contributed by atoms with Crippen LogP contribution in [0.3, 0.4) is 0 Å². The minimum absolute atomic E-state index is 0.274. The topological polar surface area (TPSA) is 44.5 Å². The summed E-state index contributed by atoms with van der Waals surface area (Å²) in [7, 11) is 0. The lowest BCUT2D eigenvalue weighted by Crippen LogP contribution is -2.03. The highest BCUT2D eigenvalue weighted by molar-refractivity contribution is 6.20. The van der Waals surface area contributed by atoms with Crippen molar-refractivity contribution in [2.75, 3.05) is 6.79 Å². The quantitative estimate of drug-likeness (QED) is 0.555. The van der Waals surface area contributed by atoms with E-state index in [9.17, 15) is 0 Å². The van der Waals surface area contributed by atoms with Gasteiger partial charge in [-0.1, -0.05) is 0 Å². The molecule has 0 saturated heterocycles. The Bertz CT molecular complexity index is 339. The number of benzene rings is 1. The second-order valence-corrected chi connectivity index (χ2v) is 3.43. The first-order chi connectivity index (χ1) is 6.18. The van der Waals surface area contributed by atoms with Gasteiger partial charge in [-0.2, -0.15) is 0 Å². The second-order valence-electron chi connectivity index (χ2n) is 2.96. The fourth-order valence-electron chi connectivity index (χ4n) is 1.36. The number of nitrogens with two attached hydrogens (primary N) is 1. The van der Waals surface area contributed by atoms with Crippen LogP contribution in [0, 0.1) is 6.92 Å². The molecule has 1 aliphatic heterocycles. The predicted molar refractivity (Wildman–Crippen MR) is 50.1 cm³/mol. The van der Waals surface area contributed by atoms with Crippen LogP contribution in [0.25, 0.3) is 0 Å². The van der Waals surface area contributed by atoms with Crippen molar-refractivity contribution in [3.05, 3.63) is 23.3 Å². The van der Waals surface area contributed by atoms with Crippen molar-refractivity contribution in [1.29, 1.82) is 0 Å². The molecule has 13 heavy (non-hydrogen) atoms. The number of aryl methyl sites for hydroxylation is 1. The van der Waals surface area contributed by atoms with Crippen LogP contribution in [0.1, 0.15) is 16.6 Å². The summed E-state index contributed by atoms with van der Waals surface area (Å²) in [6.07, 6.45) is 0. The van der Waals surface area contributed by atoms with Crippen LogP contribution in [0.4, 0.5) is 0 Å². The average molecular weight is 200 g/mol. The number of rotatable bonds is 1. The van der Waals surface area contributed by atoms with Gasteiger partial charge in [-0.05, 0) is 30.2 Å². The number of ether oxygens (including phenoxy) is 2. The van der Waals surface area contributed by atoms with Crippen LogP contribution in [-0.2, 0) is 0 Å². The van der Waals surface area contributed by atoms with Crippen molar-refractivity contribution in [2.45, 2.75) is 12.4 Å². The zero-order valence-electron chi connectivity index (χ0n) is 7.21. The molecule has 0 saturated carbocycles. The molecule has 1 aliphatic rings. The SMILES string of the molecule is Cc1cc2c(cc1C(N)Cl)OCO2. The smallest absolute Gasteiger partial charge is 0.231 e. The van der Waals surface area contributed by atoms with Crippen molar-refractivity contribution < 1.29 is 9.47 Å². The van der Waals surface area contributed by atoms with Gasteiger partial charge in [-0.15, -0.1) is 11.6 Å². The van der Waals surface area contributed by atoms with Gasteiger partial charge in [0.15, 0.2) is 11.5 Å². The Morgan fingerprint density at radius 3 is 2.62 bits per heavy atom. The predicted octanol–water partition coefficient (Wildman–Crippen LogP) is 1.92. The number of hydrogen-bond donors (Lipinski definition) is 1. The molecule has 3 nitrogen and oxygen atoms in total. The maximum absolute atomic E-state index is 5.79. The van der Waals surface area contributed by atoms with Crippen LogP contribution in [-0.4, -0.2) is 6.79 Å². The highest BCUT2D eigenvalue weighted by atomic mass is 35.5. The summed E-state index contributed by atoms with van der Waals surface area (Å²) < 4.78 is 10.4. The van der Waals surface area contributed by atoms with Crippen molar-refractivity contribution in [2.24, 2.45) is 5.73 Å². The van der Waals surface area contributed by atoms with E-state index in [0.29, 0.717) is 0 Å². The molecule has 1 aromatic carbocycles. The first-order valence-electron chi connectivity index (χ1n) is 3.98. The molecule has 70 valence electrons. The van der Waals surface area contributed by atoms with Crippen molar-refractivity contribution in [1.82, 2.24) is 0 Å². The Morgan fingerprint density at radius 2 is 2.00 bits per heavy atom. The molecule has 0 spiro atoms. The Hall–Kier alpha value is -0.930. The van der Waals surface area contributed by atoms with E-state index in [1.165, 1.54) is 0 Å². The zero-order chi connectivity index (χ0) is 9.42. The highest BCUT2D eigenvalue weighted by Crippen LogP contribution is 2.36. The highest BCUT2D eigenvalue weighted by Gasteiger charge is 2.17. The maximum atomic E-state index is 5.79. The molecule has 1 unspecified atom stereocenters. The molecule has 0 bridgehead atoms. The molecular weight excluding hydrogens is 190 g/mol. The van der Waals surface area contributed by atoms with Gasteiger partial charge in [0.1, 0.15) is 5.50 Å². The normalized spacial score (nSPS) is 15.9. The minimum atomic E-state index is -0.491. The molecule has 2 N–H and O–H groups in total. The Morgan fingerprint density at radius 1 is 1.38 bits per heavy atom. The Labute approximate surface area is 81.4 Å². The van der Waals surface area contributed by atoms with Crippen LogP contribution in [0.15, 0.2) is 12.1 Å². The van der Waals surface area contributed by atoms with Crippen LogP contribution >= 0.6 is 11.6 Å². The molecule has 0 radical (unpaired) electrons. The minimum Gasteiger partial charge on any atom is -0.454 e. The molecule has 0 amide bonds. The van der Waals surface area contributed by atoms with E-state index in [1.807, 2.05) is 19.1 Å². The van der Waals surface area contributed by atoms with E-state index in [1.54, 1.807) is 0 Å². The molecule has 1 atom stereocenters. The summed E-state index contributed by atoms with van der Waals surface area (Å²) in [6.45, 7) is 2.22. The third kappa shape index (κ3) is 1.45. The van der Waals surface area contributed by atoms with Gasteiger partial charge in [0, 0.05) is 0 Å². The van der Waals surface area contributed by atoms with Crippen molar-refractivity contribution in [3.8, 4) is 11.5 Å². The lowest BCUT2D eigenvalue weighted by atomic mass is 10.1. The summed E-state index contributed by atoms with van der Waals surface area (Å²) >= 11 is 5.79. The van der Waals surface area contributed by atoms with E-state index in [2.05, 4.69) is 0 Å². The van der Waals surface area contributed by atoms with Gasteiger partial charge in [0.05, 0.1) is 0 Å².